The van der Waals surface area contributed by atoms with Crippen LogP contribution in [0.1, 0.15) is 42.6 Å². The summed E-state index contributed by atoms with van der Waals surface area (Å²) in [5.41, 5.74) is 2.37. The van der Waals surface area contributed by atoms with Crippen molar-refractivity contribution in [3.8, 4) is 0 Å². The van der Waals surface area contributed by atoms with Gasteiger partial charge in [0.1, 0.15) is 0 Å². The number of nitrogens with zero attached hydrogens (tertiary/aromatic N) is 1. The fraction of sp³-hybridized carbons (Fsp3) is 0.500. The number of carbonyl (C=O) groups excluding carboxylic acids is 2. The van der Waals surface area contributed by atoms with E-state index < -0.39 is 0 Å². The quantitative estimate of drug-likeness (QED) is 0.797. The SMILES string of the molecule is CCC(C)C(=O)N1CCCc2c(C(=O)OC)cccc21. The molecular formula is C16H21NO3. The van der Waals surface area contributed by atoms with Gasteiger partial charge in [0.2, 0.25) is 5.91 Å². The van der Waals surface area contributed by atoms with Gasteiger partial charge in [-0.25, -0.2) is 4.79 Å². The van der Waals surface area contributed by atoms with E-state index in [-0.39, 0.29) is 17.8 Å². The summed E-state index contributed by atoms with van der Waals surface area (Å²) in [6, 6.07) is 5.50. The molecule has 0 bridgehead atoms. The molecule has 0 spiro atoms. The minimum atomic E-state index is -0.334. The van der Waals surface area contributed by atoms with Crippen molar-refractivity contribution in [1.82, 2.24) is 0 Å². The van der Waals surface area contributed by atoms with Crippen molar-refractivity contribution >= 4 is 17.6 Å². The highest BCUT2D eigenvalue weighted by Gasteiger charge is 2.28. The summed E-state index contributed by atoms with van der Waals surface area (Å²) < 4.78 is 4.82. The zero-order valence-electron chi connectivity index (χ0n) is 12.3. The van der Waals surface area contributed by atoms with E-state index in [1.807, 2.05) is 30.9 Å². The van der Waals surface area contributed by atoms with E-state index in [2.05, 4.69) is 0 Å². The van der Waals surface area contributed by atoms with Crippen molar-refractivity contribution in [1.29, 1.82) is 0 Å². The van der Waals surface area contributed by atoms with Gasteiger partial charge in [0.15, 0.2) is 0 Å². The largest absolute Gasteiger partial charge is 0.465 e. The smallest absolute Gasteiger partial charge is 0.338 e. The zero-order valence-corrected chi connectivity index (χ0v) is 12.3. The van der Waals surface area contributed by atoms with Gasteiger partial charge < -0.3 is 9.64 Å². The van der Waals surface area contributed by atoms with E-state index in [0.29, 0.717) is 5.56 Å². The number of hydrogen-bond acceptors (Lipinski definition) is 3. The summed E-state index contributed by atoms with van der Waals surface area (Å²) in [6.07, 6.45) is 2.51. The molecule has 1 aromatic carbocycles. The highest BCUT2D eigenvalue weighted by molar-refractivity contribution is 5.99. The lowest BCUT2D eigenvalue weighted by atomic mass is 9.95. The maximum absolute atomic E-state index is 12.5. The summed E-state index contributed by atoms with van der Waals surface area (Å²) in [4.78, 5) is 26.1. The van der Waals surface area contributed by atoms with Crippen LogP contribution in [-0.4, -0.2) is 25.5 Å². The maximum Gasteiger partial charge on any atom is 0.338 e. The van der Waals surface area contributed by atoms with Crippen molar-refractivity contribution in [2.75, 3.05) is 18.6 Å². The van der Waals surface area contributed by atoms with Gasteiger partial charge in [-0.3, -0.25) is 4.79 Å². The Labute approximate surface area is 119 Å². The Kier molecular flexibility index (Phi) is 4.42. The third-order valence-corrected chi connectivity index (χ3v) is 3.96. The second-order valence-corrected chi connectivity index (χ2v) is 5.20. The topological polar surface area (TPSA) is 46.6 Å². The monoisotopic (exact) mass is 275 g/mol. The van der Waals surface area contributed by atoms with E-state index in [0.717, 1.165) is 37.1 Å². The molecule has 1 aliphatic rings. The fourth-order valence-corrected chi connectivity index (χ4v) is 2.60. The second-order valence-electron chi connectivity index (χ2n) is 5.20. The van der Waals surface area contributed by atoms with E-state index in [4.69, 9.17) is 4.74 Å². The predicted molar refractivity (Wildman–Crippen MR) is 77.9 cm³/mol. The predicted octanol–water partition coefficient (Wildman–Crippen LogP) is 2.80. The molecule has 4 nitrogen and oxygen atoms in total. The molecule has 1 aromatic rings. The Morgan fingerprint density at radius 2 is 2.15 bits per heavy atom. The molecule has 0 aliphatic carbocycles. The molecule has 0 saturated heterocycles. The first-order valence-corrected chi connectivity index (χ1v) is 7.11. The van der Waals surface area contributed by atoms with E-state index in [9.17, 15) is 9.59 Å². The van der Waals surface area contributed by atoms with Crippen molar-refractivity contribution in [2.24, 2.45) is 5.92 Å². The lowest BCUT2D eigenvalue weighted by molar-refractivity contribution is -0.122. The van der Waals surface area contributed by atoms with E-state index in [1.165, 1.54) is 7.11 Å². The standard InChI is InChI=1S/C16H21NO3/c1-4-11(2)15(18)17-10-6-8-12-13(16(19)20-3)7-5-9-14(12)17/h5,7,9,11H,4,6,8,10H2,1-3H3. The number of benzene rings is 1. The van der Waals surface area contributed by atoms with Crippen molar-refractivity contribution in [3.63, 3.8) is 0 Å². The molecule has 0 radical (unpaired) electrons. The minimum Gasteiger partial charge on any atom is -0.465 e. The van der Waals surface area contributed by atoms with Gasteiger partial charge in [-0.1, -0.05) is 19.9 Å². The average Bonchev–Trinajstić information content (AvgIpc) is 2.51. The Bertz CT molecular complexity index is 524. The molecule has 1 atom stereocenters. The number of esters is 1. The molecule has 1 unspecified atom stereocenters. The van der Waals surface area contributed by atoms with Gasteiger partial charge in [-0.05, 0) is 37.0 Å². The normalized spacial score (nSPS) is 15.4. The number of methoxy groups -OCH3 is 1. The molecular weight excluding hydrogens is 254 g/mol. The van der Waals surface area contributed by atoms with Crippen molar-refractivity contribution in [3.05, 3.63) is 29.3 Å². The van der Waals surface area contributed by atoms with Crippen LogP contribution in [0.5, 0.6) is 0 Å². The second kappa shape index (κ2) is 6.07. The first-order valence-electron chi connectivity index (χ1n) is 7.11. The summed E-state index contributed by atoms with van der Waals surface area (Å²) in [5, 5.41) is 0. The fourth-order valence-electron chi connectivity index (χ4n) is 2.60. The summed E-state index contributed by atoms with van der Waals surface area (Å²) in [5.74, 6) is -0.196. The lowest BCUT2D eigenvalue weighted by Crippen LogP contribution is -2.39. The third-order valence-electron chi connectivity index (χ3n) is 3.96. The van der Waals surface area contributed by atoms with Gasteiger partial charge in [-0.2, -0.15) is 0 Å². The molecule has 20 heavy (non-hydrogen) atoms. The maximum atomic E-state index is 12.5. The Hall–Kier alpha value is -1.84. The van der Waals surface area contributed by atoms with Crippen LogP contribution < -0.4 is 4.90 Å². The Balaban J connectivity index is 2.42. The Morgan fingerprint density at radius 3 is 2.80 bits per heavy atom. The van der Waals surface area contributed by atoms with Gasteiger partial charge in [0.05, 0.1) is 12.7 Å². The van der Waals surface area contributed by atoms with Crippen LogP contribution in [-0.2, 0) is 16.0 Å². The highest BCUT2D eigenvalue weighted by atomic mass is 16.5. The molecule has 1 amide bonds. The highest BCUT2D eigenvalue weighted by Crippen LogP contribution is 2.31. The first kappa shape index (κ1) is 14.6. The molecule has 1 aliphatic heterocycles. The molecule has 1 heterocycles. The summed E-state index contributed by atoms with van der Waals surface area (Å²) in [6.45, 7) is 4.68. The van der Waals surface area contributed by atoms with Gasteiger partial charge >= 0.3 is 5.97 Å². The van der Waals surface area contributed by atoms with Crippen LogP contribution in [0.3, 0.4) is 0 Å². The lowest BCUT2D eigenvalue weighted by Gasteiger charge is -2.32. The molecule has 0 saturated carbocycles. The molecule has 0 fully saturated rings. The number of fused-ring (bicyclic) bond motifs is 1. The number of ether oxygens (including phenoxy) is 1. The molecule has 108 valence electrons. The summed E-state index contributed by atoms with van der Waals surface area (Å²) in [7, 11) is 1.38. The van der Waals surface area contributed by atoms with Crippen LogP contribution in [0.15, 0.2) is 18.2 Å². The van der Waals surface area contributed by atoms with Crippen molar-refractivity contribution < 1.29 is 14.3 Å². The minimum absolute atomic E-state index is 0.00253. The first-order chi connectivity index (χ1) is 9.60. The number of amides is 1. The number of rotatable bonds is 3. The van der Waals surface area contributed by atoms with Crippen LogP contribution >= 0.6 is 0 Å². The number of hydrogen-bond donors (Lipinski definition) is 0. The van der Waals surface area contributed by atoms with Crippen LogP contribution in [0.2, 0.25) is 0 Å². The Morgan fingerprint density at radius 1 is 1.40 bits per heavy atom. The third kappa shape index (κ3) is 2.55. The number of carbonyl (C=O) groups is 2. The molecule has 0 aromatic heterocycles. The zero-order chi connectivity index (χ0) is 14.7. The van der Waals surface area contributed by atoms with E-state index in [1.54, 1.807) is 6.07 Å². The van der Waals surface area contributed by atoms with E-state index >= 15 is 0 Å². The van der Waals surface area contributed by atoms with Gasteiger partial charge in [0, 0.05) is 18.2 Å². The number of anilines is 1. The van der Waals surface area contributed by atoms with Gasteiger partial charge in [-0.15, -0.1) is 0 Å². The van der Waals surface area contributed by atoms with Crippen LogP contribution in [0, 0.1) is 5.92 Å². The molecule has 2 rings (SSSR count). The molecule has 4 heteroatoms. The van der Waals surface area contributed by atoms with Crippen LogP contribution in [0.4, 0.5) is 5.69 Å². The average molecular weight is 275 g/mol. The van der Waals surface area contributed by atoms with Crippen LogP contribution in [0.25, 0.3) is 0 Å². The van der Waals surface area contributed by atoms with Crippen molar-refractivity contribution in [2.45, 2.75) is 33.1 Å². The van der Waals surface area contributed by atoms with Gasteiger partial charge in [0.25, 0.3) is 0 Å². The molecule has 0 N–H and O–H groups in total. The summed E-state index contributed by atoms with van der Waals surface area (Å²) >= 11 is 0.